The van der Waals surface area contributed by atoms with Crippen LogP contribution in [0.4, 0.5) is 11.4 Å². The van der Waals surface area contributed by atoms with E-state index < -0.39 is 16.4 Å². The number of amides is 1. The van der Waals surface area contributed by atoms with Crippen molar-refractivity contribution in [3.63, 3.8) is 0 Å². The standard InChI is InChI=1S/C10H9N5O3/c11-5-8(10(13)16)9(12)14-6-2-1-3-7(4-6)15(17)18/h1-4,14H,12H2,(H2,13,16). The lowest BCUT2D eigenvalue weighted by atomic mass is 10.2. The zero-order valence-corrected chi connectivity index (χ0v) is 9.08. The van der Waals surface area contributed by atoms with E-state index in [4.69, 9.17) is 16.7 Å². The number of nitro benzene ring substituents is 1. The second kappa shape index (κ2) is 5.31. The van der Waals surface area contributed by atoms with Crippen molar-refractivity contribution in [1.82, 2.24) is 0 Å². The molecule has 0 aliphatic rings. The Hall–Kier alpha value is -3.08. The summed E-state index contributed by atoms with van der Waals surface area (Å²) in [5, 5.41) is 21.7. The predicted molar refractivity (Wildman–Crippen MR) is 62.7 cm³/mol. The summed E-state index contributed by atoms with van der Waals surface area (Å²) in [5.41, 5.74) is 10.1. The number of non-ortho nitro benzene ring substituents is 1. The fourth-order valence-electron chi connectivity index (χ4n) is 1.16. The van der Waals surface area contributed by atoms with Crippen molar-refractivity contribution in [3.8, 4) is 6.07 Å². The minimum atomic E-state index is -0.979. The highest BCUT2D eigenvalue weighted by atomic mass is 16.6. The maximum absolute atomic E-state index is 10.9. The molecule has 1 amide bonds. The summed E-state index contributed by atoms with van der Waals surface area (Å²) in [4.78, 5) is 20.8. The number of primary amides is 1. The van der Waals surface area contributed by atoms with E-state index in [0.717, 1.165) is 0 Å². The number of nitrogens with zero attached hydrogens (tertiary/aromatic N) is 2. The molecule has 0 aliphatic heterocycles. The number of anilines is 1. The molecular weight excluding hydrogens is 238 g/mol. The molecule has 0 saturated carbocycles. The quantitative estimate of drug-likeness (QED) is 0.299. The Balaban J connectivity index is 3.05. The Morgan fingerprint density at radius 3 is 2.61 bits per heavy atom. The summed E-state index contributed by atoms with van der Waals surface area (Å²) in [7, 11) is 0. The second-order valence-electron chi connectivity index (χ2n) is 3.20. The van der Waals surface area contributed by atoms with Gasteiger partial charge in [-0.2, -0.15) is 5.26 Å². The molecule has 1 aromatic carbocycles. The van der Waals surface area contributed by atoms with E-state index in [1.165, 1.54) is 24.3 Å². The molecule has 0 radical (unpaired) electrons. The van der Waals surface area contributed by atoms with Crippen LogP contribution in [0.3, 0.4) is 0 Å². The van der Waals surface area contributed by atoms with Crippen molar-refractivity contribution in [2.24, 2.45) is 11.5 Å². The Kier molecular flexibility index (Phi) is 3.83. The van der Waals surface area contributed by atoms with Crippen LogP contribution in [0.1, 0.15) is 0 Å². The maximum atomic E-state index is 10.9. The molecule has 0 aliphatic carbocycles. The first-order valence-electron chi connectivity index (χ1n) is 4.67. The molecule has 0 aromatic heterocycles. The normalized spacial score (nSPS) is 11.1. The van der Waals surface area contributed by atoms with Gasteiger partial charge in [0.1, 0.15) is 11.9 Å². The molecule has 5 N–H and O–H groups in total. The molecule has 0 atom stereocenters. The van der Waals surface area contributed by atoms with Gasteiger partial charge in [-0.15, -0.1) is 0 Å². The van der Waals surface area contributed by atoms with Crippen LogP contribution in [0.25, 0.3) is 0 Å². The van der Waals surface area contributed by atoms with Gasteiger partial charge in [0, 0.05) is 17.8 Å². The number of benzene rings is 1. The number of nitriles is 1. The number of nitro groups is 1. The van der Waals surface area contributed by atoms with Crippen molar-refractivity contribution in [3.05, 3.63) is 45.8 Å². The third kappa shape index (κ3) is 2.96. The molecule has 1 rings (SSSR count). The van der Waals surface area contributed by atoms with E-state index in [-0.39, 0.29) is 17.2 Å². The number of hydrogen-bond donors (Lipinski definition) is 3. The lowest BCUT2D eigenvalue weighted by Gasteiger charge is -2.06. The number of nitrogens with two attached hydrogens (primary N) is 2. The van der Waals surface area contributed by atoms with Crippen LogP contribution in [-0.2, 0) is 4.79 Å². The summed E-state index contributed by atoms with van der Waals surface area (Å²) in [6.07, 6.45) is 0. The fraction of sp³-hybridized carbons (Fsp3) is 0. The molecular formula is C10H9N5O3. The van der Waals surface area contributed by atoms with Gasteiger partial charge in [0.15, 0.2) is 5.57 Å². The van der Waals surface area contributed by atoms with Gasteiger partial charge in [-0.3, -0.25) is 14.9 Å². The van der Waals surface area contributed by atoms with Crippen LogP contribution < -0.4 is 16.8 Å². The maximum Gasteiger partial charge on any atom is 0.271 e. The highest BCUT2D eigenvalue weighted by Gasteiger charge is 2.11. The first kappa shape index (κ1) is 13.0. The summed E-state index contributed by atoms with van der Waals surface area (Å²) >= 11 is 0. The predicted octanol–water partition coefficient (Wildman–Crippen LogP) is 0.186. The zero-order chi connectivity index (χ0) is 13.7. The molecule has 0 heterocycles. The fourth-order valence-corrected chi connectivity index (χ4v) is 1.16. The topological polar surface area (TPSA) is 148 Å². The average Bonchev–Trinajstić information content (AvgIpc) is 2.29. The van der Waals surface area contributed by atoms with Gasteiger partial charge < -0.3 is 16.8 Å². The van der Waals surface area contributed by atoms with E-state index >= 15 is 0 Å². The first-order valence-corrected chi connectivity index (χ1v) is 4.67. The molecule has 0 bridgehead atoms. The molecule has 0 fully saturated rings. The average molecular weight is 247 g/mol. The van der Waals surface area contributed by atoms with Crippen LogP contribution in [0.2, 0.25) is 0 Å². The third-order valence-electron chi connectivity index (χ3n) is 1.96. The lowest BCUT2D eigenvalue weighted by Crippen LogP contribution is -2.21. The molecule has 0 saturated heterocycles. The highest BCUT2D eigenvalue weighted by Crippen LogP contribution is 2.18. The van der Waals surface area contributed by atoms with Crippen LogP contribution in [0.15, 0.2) is 35.7 Å². The van der Waals surface area contributed by atoms with Gasteiger partial charge in [-0.05, 0) is 6.07 Å². The first-order chi connectivity index (χ1) is 8.45. The molecule has 1 aromatic rings. The summed E-state index contributed by atoms with van der Waals surface area (Å²) in [6, 6.07) is 6.98. The van der Waals surface area contributed by atoms with Crippen LogP contribution in [-0.4, -0.2) is 10.8 Å². The number of carbonyl (C=O) groups excluding carboxylic acids is 1. The van der Waals surface area contributed by atoms with Gasteiger partial charge in [-0.1, -0.05) is 6.07 Å². The van der Waals surface area contributed by atoms with Crippen LogP contribution in [0, 0.1) is 21.4 Å². The molecule has 8 heteroatoms. The van der Waals surface area contributed by atoms with Gasteiger partial charge in [0.2, 0.25) is 0 Å². The van der Waals surface area contributed by atoms with Gasteiger partial charge in [-0.25, -0.2) is 0 Å². The van der Waals surface area contributed by atoms with E-state index in [1.54, 1.807) is 6.07 Å². The van der Waals surface area contributed by atoms with Crippen molar-refractivity contribution >= 4 is 17.3 Å². The minimum Gasteiger partial charge on any atom is -0.384 e. The Labute approximate surface area is 102 Å². The van der Waals surface area contributed by atoms with Gasteiger partial charge >= 0.3 is 0 Å². The van der Waals surface area contributed by atoms with Crippen LogP contribution >= 0.6 is 0 Å². The molecule has 18 heavy (non-hydrogen) atoms. The van der Waals surface area contributed by atoms with E-state index in [2.05, 4.69) is 5.32 Å². The number of hydrogen-bond acceptors (Lipinski definition) is 6. The van der Waals surface area contributed by atoms with Crippen molar-refractivity contribution in [2.45, 2.75) is 0 Å². The largest absolute Gasteiger partial charge is 0.384 e. The smallest absolute Gasteiger partial charge is 0.271 e. The van der Waals surface area contributed by atoms with Crippen molar-refractivity contribution in [2.75, 3.05) is 5.32 Å². The number of nitrogens with one attached hydrogen (secondary N) is 1. The Bertz CT molecular complexity index is 573. The molecule has 8 nitrogen and oxygen atoms in total. The molecule has 92 valence electrons. The van der Waals surface area contributed by atoms with E-state index in [1.807, 2.05) is 0 Å². The summed E-state index contributed by atoms with van der Waals surface area (Å²) in [5.74, 6) is -1.24. The number of carbonyl (C=O) groups is 1. The molecule has 0 spiro atoms. The van der Waals surface area contributed by atoms with Gasteiger partial charge in [0.25, 0.3) is 11.6 Å². The minimum absolute atomic E-state index is 0.148. The second-order valence-corrected chi connectivity index (χ2v) is 3.20. The lowest BCUT2D eigenvalue weighted by molar-refractivity contribution is -0.384. The number of rotatable bonds is 4. The van der Waals surface area contributed by atoms with E-state index in [9.17, 15) is 14.9 Å². The Morgan fingerprint density at radius 1 is 1.44 bits per heavy atom. The molecule has 0 unspecified atom stereocenters. The summed E-state index contributed by atoms with van der Waals surface area (Å²) in [6.45, 7) is 0. The van der Waals surface area contributed by atoms with Crippen molar-refractivity contribution < 1.29 is 9.72 Å². The third-order valence-corrected chi connectivity index (χ3v) is 1.96. The van der Waals surface area contributed by atoms with E-state index in [0.29, 0.717) is 0 Å². The van der Waals surface area contributed by atoms with Crippen molar-refractivity contribution in [1.29, 1.82) is 5.26 Å². The SMILES string of the molecule is N#CC(C(N)=O)=C(N)Nc1cccc([N+](=O)[O-])c1. The highest BCUT2D eigenvalue weighted by molar-refractivity contribution is 5.97. The summed E-state index contributed by atoms with van der Waals surface area (Å²) < 4.78 is 0. The van der Waals surface area contributed by atoms with Crippen LogP contribution in [0.5, 0.6) is 0 Å². The Morgan fingerprint density at radius 2 is 2.11 bits per heavy atom. The monoisotopic (exact) mass is 247 g/mol. The zero-order valence-electron chi connectivity index (χ0n) is 9.08. The van der Waals surface area contributed by atoms with Gasteiger partial charge in [0.05, 0.1) is 4.92 Å².